The first-order valence-electron chi connectivity index (χ1n) is 11.0. The van der Waals surface area contributed by atoms with E-state index in [4.69, 9.17) is 5.11 Å². The van der Waals surface area contributed by atoms with Crippen LogP contribution in [0.2, 0.25) is 0 Å². The maximum atomic E-state index is 11.0. The second-order valence-corrected chi connectivity index (χ2v) is 10.2. The van der Waals surface area contributed by atoms with Crippen LogP contribution in [0.5, 0.6) is 0 Å². The molecule has 0 heterocycles. The van der Waals surface area contributed by atoms with Crippen molar-refractivity contribution in [3.05, 3.63) is 6.42 Å². The fourth-order valence-corrected chi connectivity index (χ4v) is 8.02. The van der Waals surface area contributed by atoms with Gasteiger partial charge in [0, 0.05) is 6.42 Å². The summed E-state index contributed by atoms with van der Waals surface area (Å²) >= 11 is 0. The molecule has 0 amide bonds. The topological polar surface area (TPSA) is 37.3 Å². The zero-order valence-corrected chi connectivity index (χ0v) is 22.2. The predicted octanol–water partition coefficient (Wildman–Crippen LogP) is 2.96. The van der Waals surface area contributed by atoms with Crippen LogP contribution in [0, 0.1) is 53.3 Å². The zero-order valence-electron chi connectivity index (χ0n) is 17.3. The summed E-state index contributed by atoms with van der Waals surface area (Å²) in [4.78, 5) is 11.0. The number of aliphatic carboxylic acids is 1. The summed E-state index contributed by atoms with van der Waals surface area (Å²) in [6.07, 6.45) is 16.6. The van der Waals surface area contributed by atoms with E-state index < -0.39 is 5.97 Å². The van der Waals surface area contributed by atoms with Crippen LogP contribution in [0.25, 0.3) is 0 Å². The van der Waals surface area contributed by atoms with Gasteiger partial charge in [-0.2, -0.15) is 12.8 Å². The molecule has 1 N–H and O–H groups in total. The Kier molecular flexibility index (Phi) is 7.57. The van der Waals surface area contributed by atoms with Crippen LogP contribution < -0.4 is 58.2 Å². The maximum absolute atomic E-state index is 11.0. The number of rotatable bonds is 4. The van der Waals surface area contributed by atoms with Gasteiger partial charge in [0.1, 0.15) is 0 Å². The van der Waals surface area contributed by atoms with Gasteiger partial charge in [0.25, 0.3) is 0 Å². The van der Waals surface area contributed by atoms with Crippen molar-refractivity contribution in [3.63, 3.8) is 0 Å². The molecule has 3 heteroatoms. The number of hydrogen-bond acceptors (Lipinski definition) is 1. The molecule has 0 aromatic heterocycles. The van der Waals surface area contributed by atoms with Crippen LogP contribution in [0.3, 0.4) is 0 Å². The van der Waals surface area contributed by atoms with Crippen LogP contribution >= 0.6 is 0 Å². The summed E-state index contributed by atoms with van der Waals surface area (Å²) in [5.74, 6) is 5.56. The molecule has 0 spiro atoms. The number of hydrogen-bond donors (Lipinski definition) is 1. The molecule has 0 aliphatic heterocycles. The van der Waals surface area contributed by atoms with E-state index in [0.717, 1.165) is 41.9 Å². The minimum absolute atomic E-state index is 0. The summed E-state index contributed by atoms with van der Waals surface area (Å²) in [7, 11) is 0. The summed E-state index contributed by atoms with van der Waals surface area (Å²) in [6.45, 7) is 4.97. The summed E-state index contributed by atoms with van der Waals surface area (Å²) < 4.78 is 0. The summed E-state index contributed by atoms with van der Waals surface area (Å²) in [5.41, 5.74) is 0.621. The van der Waals surface area contributed by atoms with Crippen molar-refractivity contribution >= 4 is 5.97 Å². The molecule has 8 atom stereocenters. The number of fused-ring (bicyclic) bond motifs is 5. The zero-order chi connectivity index (χ0) is 17.6. The third-order valence-electron chi connectivity index (χ3n) is 9.32. The molecule has 2 nitrogen and oxygen atoms in total. The van der Waals surface area contributed by atoms with E-state index in [1.807, 2.05) is 0 Å². The van der Waals surface area contributed by atoms with Crippen LogP contribution in [0.4, 0.5) is 0 Å². The van der Waals surface area contributed by atoms with Gasteiger partial charge in [0.05, 0.1) is 0 Å². The van der Waals surface area contributed by atoms with Crippen molar-refractivity contribution < 1.29 is 68.1 Å². The molecule has 0 saturated heterocycles. The van der Waals surface area contributed by atoms with Crippen molar-refractivity contribution in [2.75, 3.05) is 0 Å². The Morgan fingerprint density at radius 3 is 2.62 bits per heavy atom. The van der Waals surface area contributed by atoms with Crippen molar-refractivity contribution in [2.24, 2.45) is 46.8 Å². The Morgan fingerprint density at radius 2 is 1.85 bits per heavy atom. The Bertz CT molecular complexity index is 506. The molecule has 4 fully saturated rings. The molecule has 4 rings (SSSR count). The molecule has 0 radical (unpaired) electrons. The van der Waals surface area contributed by atoms with Gasteiger partial charge < -0.3 is 11.5 Å². The molecule has 0 bridgehead atoms. The van der Waals surface area contributed by atoms with Crippen molar-refractivity contribution in [1.29, 1.82) is 0 Å². The van der Waals surface area contributed by atoms with Gasteiger partial charge in [-0.05, 0) is 79.4 Å². The van der Waals surface area contributed by atoms with E-state index in [1.165, 1.54) is 57.8 Å². The fourth-order valence-electron chi connectivity index (χ4n) is 8.02. The first kappa shape index (κ1) is 22.0. The Balaban J connectivity index is 0.00000196. The molecule has 4 saturated carbocycles. The van der Waals surface area contributed by atoms with E-state index in [-0.39, 0.29) is 58.2 Å². The second-order valence-electron chi connectivity index (χ2n) is 10.2. The van der Waals surface area contributed by atoms with Crippen LogP contribution in [0.1, 0.15) is 84.5 Å². The molecule has 0 aromatic carbocycles. The molecule has 26 heavy (non-hydrogen) atoms. The van der Waals surface area contributed by atoms with Gasteiger partial charge in [0.15, 0.2) is 0 Å². The van der Waals surface area contributed by atoms with Crippen molar-refractivity contribution in [1.82, 2.24) is 0 Å². The molecule has 4 aliphatic carbocycles. The smallest absolute Gasteiger partial charge is 0.481 e. The van der Waals surface area contributed by atoms with Crippen molar-refractivity contribution in [2.45, 2.75) is 84.5 Å². The van der Waals surface area contributed by atoms with E-state index in [0.29, 0.717) is 17.8 Å². The third-order valence-corrected chi connectivity index (χ3v) is 9.32. The standard InChI is InChI=1S/C23H37O2.Rb/c1-15(6-13-22(24)25)17-9-10-19-18(17)11-12-21-20(19)8-7-16-5-3-4-14-23(16,21)2;/h3,15-21H,4-14H2,1-2H3,(H,24,25);/q-1;+1. The maximum Gasteiger partial charge on any atom is 1.00 e. The molecular weight excluding hydrogens is 394 g/mol. The Labute approximate surface area is 209 Å². The molecule has 4 aliphatic rings. The van der Waals surface area contributed by atoms with Crippen LogP contribution in [-0.2, 0) is 4.79 Å². The Hall–Kier alpha value is 1.28. The number of carboxylic acids is 1. The van der Waals surface area contributed by atoms with E-state index >= 15 is 0 Å². The first-order valence-corrected chi connectivity index (χ1v) is 11.0. The summed E-state index contributed by atoms with van der Waals surface area (Å²) in [5, 5.41) is 9.03. The normalized spacial score (nSPS) is 45.6. The molecule has 8 unspecified atom stereocenters. The van der Waals surface area contributed by atoms with Gasteiger partial charge >= 0.3 is 64.2 Å². The molecule has 142 valence electrons. The predicted molar refractivity (Wildman–Crippen MR) is 101 cm³/mol. The number of carbonyl (C=O) groups is 1. The second kappa shape index (κ2) is 8.96. The quantitative estimate of drug-likeness (QED) is 0.696. The van der Waals surface area contributed by atoms with Gasteiger partial charge in [-0.15, -0.1) is 0 Å². The van der Waals surface area contributed by atoms with E-state index in [2.05, 4.69) is 20.3 Å². The Morgan fingerprint density at radius 1 is 1.12 bits per heavy atom. The van der Waals surface area contributed by atoms with Gasteiger partial charge in [0.2, 0.25) is 0 Å². The molecular formula is C23H37O2Rb. The van der Waals surface area contributed by atoms with Crippen molar-refractivity contribution in [3.8, 4) is 0 Å². The van der Waals surface area contributed by atoms with E-state index in [1.54, 1.807) is 0 Å². The van der Waals surface area contributed by atoms with Gasteiger partial charge in [-0.25, -0.2) is 0 Å². The average molecular weight is 431 g/mol. The minimum Gasteiger partial charge on any atom is -0.481 e. The first-order chi connectivity index (χ1) is 12.0. The van der Waals surface area contributed by atoms with Gasteiger partial charge in [-0.1, -0.05) is 32.6 Å². The fraction of sp³-hybridized carbons (Fsp3) is 0.913. The third kappa shape index (κ3) is 3.97. The number of carboxylic acid groups (broad SMARTS) is 1. The van der Waals surface area contributed by atoms with E-state index in [9.17, 15) is 4.79 Å². The summed E-state index contributed by atoms with van der Waals surface area (Å²) in [6, 6.07) is 0. The van der Waals surface area contributed by atoms with Crippen LogP contribution in [0.15, 0.2) is 0 Å². The minimum atomic E-state index is -0.620. The van der Waals surface area contributed by atoms with Crippen LogP contribution in [-0.4, -0.2) is 11.1 Å². The van der Waals surface area contributed by atoms with Gasteiger partial charge in [-0.3, -0.25) is 4.79 Å². The monoisotopic (exact) mass is 430 g/mol. The molecule has 0 aromatic rings. The SMILES string of the molecule is CC(CCC(=O)O)C1CCC2C1CCC1C2CCC2C[CH-]CCC21C.[Rb+]. The average Bonchev–Trinajstić information content (AvgIpc) is 3.03. The largest absolute Gasteiger partial charge is 1.00 e.